The molecule has 1 N–H and O–H groups in total. The highest BCUT2D eigenvalue weighted by Crippen LogP contribution is 2.27. The Morgan fingerprint density at radius 1 is 1.10 bits per heavy atom. The lowest BCUT2D eigenvalue weighted by Gasteiger charge is -2.35. The number of amides is 1. The highest BCUT2D eigenvalue weighted by Gasteiger charge is 2.34. The predicted octanol–water partition coefficient (Wildman–Crippen LogP) is 3.27. The Balaban J connectivity index is 1.23. The van der Waals surface area contributed by atoms with Crippen molar-refractivity contribution in [3.63, 3.8) is 0 Å². The molecule has 0 radical (unpaired) electrons. The zero-order valence-electron chi connectivity index (χ0n) is 17.3. The first-order chi connectivity index (χ1) is 14.7. The quantitative estimate of drug-likeness (QED) is 0.772. The molecule has 0 bridgehead atoms. The van der Waals surface area contributed by atoms with E-state index in [0.717, 1.165) is 81.1 Å². The summed E-state index contributed by atoms with van der Waals surface area (Å²) in [6.07, 6.45) is 4.76. The summed E-state index contributed by atoms with van der Waals surface area (Å²) >= 11 is 1.69. The number of piperazine rings is 1. The van der Waals surface area contributed by atoms with E-state index in [4.69, 9.17) is 4.98 Å². The minimum Gasteiger partial charge on any atom is -0.337 e. The van der Waals surface area contributed by atoms with Gasteiger partial charge in [0.2, 0.25) is 5.91 Å². The topological polar surface area (TPSA) is 72.3 Å². The van der Waals surface area contributed by atoms with Crippen LogP contribution in [0.5, 0.6) is 0 Å². The molecule has 4 rings (SSSR count). The lowest BCUT2D eigenvalue weighted by atomic mass is 9.83. The van der Waals surface area contributed by atoms with Crippen LogP contribution in [0.3, 0.4) is 0 Å². The summed E-state index contributed by atoms with van der Waals surface area (Å²) < 4.78 is 0. The lowest BCUT2D eigenvalue weighted by Crippen LogP contribution is -2.54. The fourth-order valence-electron chi connectivity index (χ4n) is 4.36. The molecule has 1 aliphatic carbocycles. The zero-order chi connectivity index (χ0) is 20.8. The van der Waals surface area contributed by atoms with E-state index in [9.17, 15) is 10.1 Å². The fraction of sp³-hybridized carbons (Fsp3) is 0.522. The molecule has 1 amide bonds. The third-order valence-electron chi connectivity index (χ3n) is 6.09. The van der Waals surface area contributed by atoms with E-state index < -0.39 is 5.54 Å². The van der Waals surface area contributed by atoms with Crippen molar-refractivity contribution < 1.29 is 4.79 Å². The van der Waals surface area contributed by atoms with Gasteiger partial charge in [-0.3, -0.25) is 14.6 Å². The Hall–Kier alpha value is -2.27. The van der Waals surface area contributed by atoms with Crippen molar-refractivity contribution in [2.24, 2.45) is 0 Å². The van der Waals surface area contributed by atoms with Crippen LogP contribution in [0.25, 0.3) is 10.6 Å². The van der Waals surface area contributed by atoms with Crippen LogP contribution in [0, 0.1) is 11.3 Å². The van der Waals surface area contributed by atoms with E-state index in [1.165, 1.54) is 0 Å². The van der Waals surface area contributed by atoms with Gasteiger partial charge in [-0.15, -0.1) is 11.3 Å². The van der Waals surface area contributed by atoms with Gasteiger partial charge < -0.3 is 5.32 Å². The van der Waals surface area contributed by atoms with Gasteiger partial charge in [0.25, 0.3) is 0 Å². The molecule has 1 aromatic heterocycles. The first-order valence-electron chi connectivity index (χ1n) is 10.8. The van der Waals surface area contributed by atoms with Crippen LogP contribution < -0.4 is 5.32 Å². The van der Waals surface area contributed by atoms with E-state index >= 15 is 0 Å². The highest BCUT2D eigenvalue weighted by molar-refractivity contribution is 7.13. The Kier molecular flexibility index (Phi) is 6.78. The summed E-state index contributed by atoms with van der Waals surface area (Å²) in [7, 11) is 0. The summed E-state index contributed by atoms with van der Waals surface area (Å²) in [4.78, 5) is 21.9. The van der Waals surface area contributed by atoms with E-state index in [1.807, 2.05) is 18.2 Å². The average molecular weight is 424 g/mol. The van der Waals surface area contributed by atoms with Crippen molar-refractivity contribution >= 4 is 17.2 Å². The van der Waals surface area contributed by atoms with Crippen LogP contribution in [0.2, 0.25) is 0 Å². The Morgan fingerprint density at radius 2 is 1.80 bits per heavy atom. The van der Waals surface area contributed by atoms with Gasteiger partial charge in [-0.25, -0.2) is 4.98 Å². The second-order valence-electron chi connectivity index (χ2n) is 8.37. The number of hydrogen-bond acceptors (Lipinski definition) is 6. The van der Waals surface area contributed by atoms with Gasteiger partial charge in [0.05, 0.1) is 18.3 Å². The first-order valence-corrected chi connectivity index (χ1v) is 11.7. The normalized spacial score (nSPS) is 19.8. The number of thiazole rings is 1. The maximum atomic E-state index is 12.5. The molecule has 30 heavy (non-hydrogen) atoms. The standard InChI is InChI=1S/C23H29N5OS/c24-18-23(9-5-2-6-10-23)26-21(29)16-28-13-11-27(12-14-28)15-20-17-30-22(25-20)19-7-3-1-4-8-19/h1,3-4,7-8,17H,2,5-6,9-16H2,(H,26,29). The smallest absolute Gasteiger partial charge is 0.235 e. The van der Waals surface area contributed by atoms with E-state index in [1.54, 1.807) is 11.3 Å². The molecule has 158 valence electrons. The molecule has 2 aromatic rings. The van der Waals surface area contributed by atoms with Crippen LogP contribution in [-0.4, -0.2) is 59.0 Å². The van der Waals surface area contributed by atoms with Gasteiger partial charge in [0.15, 0.2) is 0 Å². The number of nitriles is 1. The van der Waals surface area contributed by atoms with Gasteiger partial charge in [-0.1, -0.05) is 49.6 Å². The molecule has 7 heteroatoms. The number of benzene rings is 1. The molecule has 2 heterocycles. The number of hydrogen-bond donors (Lipinski definition) is 1. The van der Waals surface area contributed by atoms with Gasteiger partial charge in [0.1, 0.15) is 10.5 Å². The summed E-state index contributed by atoms with van der Waals surface area (Å²) in [5, 5.41) is 15.8. The number of rotatable bonds is 6. The number of nitrogens with one attached hydrogen (secondary N) is 1. The van der Waals surface area contributed by atoms with Crippen molar-refractivity contribution in [3.8, 4) is 16.6 Å². The summed E-state index contributed by atoms with van der Waals surface area (Å²) in [5.74, 6) is -0.0149. The maximum Gasteiger partial charge on any atom is 0.235 e. The molecule has 2 fully saturated rings. The number of carbonyl (C=O) groups is 1. The van der Waals surface area contributed by atoms with E-state index in [2.05, 4.69) is 38.7 Å². The van der Waals surface area contributed by atoms with Crippen LogP contribution in [0.15, 0.2) is 35.7 Å². The minimum atomic E-state index is -0.641. The highest BCUT2D eigenvalue weighted by atomic mass is 32.1. The van der Waals surface area contributed by atoms with Gasteiger partial charge in [0, 0.05) is 43.7 Å². The molecule has 0 unspecified atom stereocenters. The predicted molar refractivity (Wildman–Crippen MR) is 119 cm³/mol. The third-order valence-corrected chi connectivity index (χ3v) is 7.03. The second-order valence-corrected chi connectivity index (χ2v) is 9.22. The van der Waals surface area contributed by atoms with E-state index in [-0.39, 0.29) is 5.91 Å². The van der Waals surface area contributed by atoms with Crippen LogP contribution >= 0.6 is 11.3 Å². The van der Waals surface area contributed by atoms with Crippen molar-refractivity contribution in [2.75, 3.05) is 32.7 Å². The van der Waals surface area contributed by atoms with Crippen LogP contribution in [0.4, 0.5) is 0 Å². The molecule has 6 nitrogen and oxygen atoms in total. The Labute approximate surface area is 182 Å². The molecule has 1 saturated heterocycles. The summed E-state index contributed by atoms with van der Waals surface area (Å²) in [5.41, 5.74) is 1.63. The van der Waals surface area contributed by atoms with E-state index in [0.29, 0.717) is 6.54 Å². The average Bonchev–Trinajstić information content (AvgIpc) is 3.25. The second kappa shape index (κ2) is 9.69. The zero-order valence-corrected chi connectivity index (χ0v) is 18.2. The van der Waals surface area contributed by atoms with Crippen molar-refractivity contribution in [1.82, 2.24) is 20.1 Å². The van der Waals surface area contributed by atoms with Crippen molar-refractivity contribution in [3.05, 3.63) is 41.4 Å². The lowest BCUT2D eigenvalue weighted by molar-refractivity contribution is -0.124. The molecule has 1 aliphatic heterocycles. The monoisotopic (exact) mass is 423 g/mol. The Morgan fingerprint density at radius 3 is 2.50 bits per heavy atom. The molecule has 0 spiro atoms. The minimum absolute atomic E-state index is 0.0149. The first kappa shape index (κ1) is 21.0. The van der Waals surface area contributed by atoms with Crippen molar-refractivity contribution in [2.45, 2.75) is 44.2 Å². The molecule has 2 aliphatic rings. The molecule has 0 atom stereocenters. The molecular formula is C23H29N5OS. The third kappa shape index (κ3) is 5.25. The van der Waals surface area contributed by atoms with Gasteiger partial charge in [-0.05, 0) is 12.8 Å². The molecular weight excluding hydrogens is 394 g/mol. The number of nitrogens with zero attached hydrogens (tertiary/aromatic N) is 4. The maximum absolute atomic E-state index is 12.5. The molecule has 1 saturated carbocycles. The van der Waals surface area contributed by atoms with Gasteiger partial charge in [-0.2, -0.15) is 5.26 Å². The molecule has 1 aromatic carbocycles. The van der Waals surface area contributed by atoms with Crippen LogP contribution in [-0.2, 0) is 11.3 Å². The number of carbonyl (C=O) groups excluding carboxylic acids is 1. The fourth-order valence-corrected chi connectivity index (χ4v) is 5.17. The summed E-state index contributed by atoms with van der Waals surface area (Å²) in [6.45, 7) is 4.81. The summed E-state index contributed by atoms with van der Waals surface area (Å²) in [6, 6.07) is 12.7. The van der Waals surface area contributed by atoms with Crippen molar-refractivity contribution in [1.29, 1.82) is 5.26 Å². The van der Waals surface area contributed by atoms with Gasteiger partial charge >= 0.3 is 0 Å². The van der Waals surface area contributed by atoms with Crippen LogP contribution in [0.1, 0.15) is 37.8 Å². The number of aromatic nitrogens is 1. The largest absolute Gasteiger partial charge is 0.337 e. The SMILES string of the molecule is N#CC1(NC(=O)CN2CCN(Cc3csc(-c4ccccc4)n3)CC2)CCCCC1. The Bertz CT molecular complexity index is 876.